The molecule has 0 aromatic heterocycles. The highest BCUT2D eigenvalue weighted by Gasteiger charge is 2.04. The highest BCUT2D eigenvalue weighted by atomic mass is 16.1. The Hall–Kier alpha value is -1.37. The fourth-order valence-corrected chi connectivity index (χ4v) is 1.32. The van der Waals surface area contributed by atoms with Crippen LogP contribution in [0.4, 0.5) is 0 Å². The van der Waals surface area contributed by atoms with Gasteiger partial charge in [-0.3, -0.25) is 0 Å². The maximum absolute atomic E-state index is 10.6. The smallest absolute Gasteiger partial charge is 0.127 e. The first-order valence-corrected chi connectivity index (χ1v) is 4.86. The Bertz CT molecular complexity index is 278. The number of carbonyl (C=O) groups excluding carboxylic acids is 1. The summed E-state index contributed by atoms with van der Waals surface area (Å²) in [4.78, 5) is 10.6. The third-order valence-corrected chi connectivity index (χ3v) is 2.55. The quantitative estimate of drug-likeness (QED) is 0.523. The standard InChI is InChI=1S/C13H16O/c1-4-10(2)12-5-7-13(8-6-12)11(3)9-14/h4-11H,1H2,2-3H3. The first-order chi connectivity index (χ1) is 6.69. The molecule has 1 aromatic rings. The number of carbonyl (C=O) groups is 1. The van der Waals surface area contributed by atoms with Gasteiger partial charge in [-0.05, 0) is 17.0 Å². The normalized spacial score (nSPS) is 14.4. The van der Waals surface area contributed by atoms with Gasteiger partial charge in [-0.2, -0.15) is 0 Å². The van der Waals surface area contributed by atoms with Crippen molar-refractivity contribution in [2.24, 2.45) is 0 Å². The van der Waals surface area contributed by atoms with Gasteiger partial charge in [0.25, 0.3) is 0 Å². The Morgan fingerprint density at radius 3 is 1.86 bits per heavy atom. The van der Waals surface area contributed by atoms with Gasteiger partial charge < -0.3 is 4.79 Å². The summed E-state index contributed by atoms with van der Waals surface area (Å²) in [6.07, 6.45) is 2.88. The lowest BCUT2D eigenvalue weighted by atomic mass is 9.96. The molecule has 0 saturated carbocycles. The van der Waals surface area contributed by atoms with Crippen LogP contribution in [-0.4, -0.2) is 6.29 Å². The highest BCUT2D eigenvalue weighted by Crippen LogP contribution is 2.19. The van der Waals surface area contributed by atoms with Crippen molar-refractivity contribution in [3.63, 3.8) is 0 Å². The summed E-state index contributed by atoms with van der Waals surface area (Å²) in [5.74, 6) is 0.360. The molecule has 0 aliphatic carbocycles. The fourth-order valence-electron chi connectivity index (χ4n) is 1.32. The van der Waals surface area contributed by atoms with E-state index in [4.69, 9.17) is 0 Å². The molecule has 0 fully saturated rings. The zero-order chi connectivity index (χ0) is 10.6. The molecule has 2 unspecified atom stereocenters. The molecule has 1 rings (SSSR count). The number of hydrogen-bond donors (Lipinski definition) is 0. The SMILES string of the molecule is C=CC(C)c1ccc(C(C)C=O)cc1. The molecule has 1 nitrogen and oxygen atoms in total. The number of benzene rings is 1. The van der Waals surface area contributed by atoms with E-state index in [-0.39, 0.29) is 5.92 Å². The summed E-state index contributed by atoms with van der Waals surface area (Å²) in [6.45, 7) is 7.76. The second-order valence-electron chi connectivity index (χ2n) is 3.62. The summed E-state index contributed by atoms with van der Waals surface area (Å²) in [6, 6.07) is 8.13. The first kappa shape index (κ1) is 10.7. The van der Waals surface area contributed by atoms with Gasteiger partial charge in [0.1, 0.15) is 6.29 Å². The molecule has 0 radical (unpaired) electrons. The molecule has 14 heavy (non-hydrogen) atoms. The van der Waals surface area contributed by atoms with E-state index in [0.717, 1.165) is 11.8 Å². The Balaban J connectivity index is 2.88. The van der Waals surface area contributed by atoms with Crippen LogP contribution >= 0.6 is 0 Å². The highest BCUT2D eigenvalue weighted by molar-refractivity contribution is 5.61. The van der Waals surface area contributed by atoms with E-state index in [1.165, 1.54) is 5.56 Å². The zero-order valence-electron chi connectivity index (χ0n) is 8.73. The Morgan fingerprint density at radius 2 is 1.50 bits per heavy atom. The van der Waals surface area contributed by atoms with Gasteiger partial charge in [0.2, 0.25) is 0 Å². The van der Waals surface area contributed by atoms with Crippen LogP contribution < -0.4 is 0 Å². The van der Waals surface area contributed by atoms with Gasteiger partial charge in [0, 0.05) is 5.92 Å². The molecule has 0 bridgehead atoms. The van der Waals surface area contributed by atoms with Gasteiger partial charge in [0.05, 0.1) is 0 Å². The molecule has 2 atom stereocenters. The van der Waals surface area contributed by atoms with Crippen molar-refractivity contribution in [3.8, 4) is 0 Å². The molecule has 0 amide bonds. The average molecular weight is 188 g/mol. The minimum absolute atomic E-state index is 0.0110. The van der Waals surface area contributed by atoms with Gasteiger partial charge in [0.15, 0.2) is 0 Å². The summed E-state index contributed by atoms with van der Waals surface area (Å²) < 4.78 is 0. The van der Waals surface area contributed by atoms with Gasteiger partial charge in [-0.1, -0.05) is 44.2 Å². The molecule has 0 aliphatic rings. The van der Waals surface area contributed by atoms with Crippen LogP contribution in [0.5, 0.6) is 0 Å². The molecule has 0 heterocycles. The Morgan fingerprint density at radius 1 is 1.07 bits per heavy atom. The van der Waals surface area contributed by atoms with Gasteiger partial charge >= 0.3 is 0 Å². The first-order valence-electron chi connectivity index (χ1n) is 4.86. The lowest BCUT2D eigenvalue weighted by molar-refractivity contribution is -0.108. The second kappa shape index (κ2) is 4.75. The molecule has 1 heteroatoms. The van der Waals surface area contributed by atoms with Crippen molar-refractivity contribution in [2.45, 2.75) is 25.7 Å². The minimum atomic E-state index is -0.0110. The molecule has 0 spiro atoms. The maximum atomic E-state index is 10.6. The van der Waals surface area contributed by atoms with Crippen molar-refractivity contribution in [1.82, 2.24) is 0 Å². The van der Waals surface area contributed by atoms with Crippen molar-refractivity contribution >= 4 is 6.29 Å². The van der Waals surface area contributed by atoms with Crippen LogP contribution in [0.15, 0.2) is 36.9 Å². The van der Waals surface area contributed by atoms with Crippen molar-refractivity contribution < 1.29 is 4.79 Å². The molecule has 74 valence electrons. The van der Waals surface area contributed by atoms with Crippen LogP contribution in [0.3, 0.4) is 0 Å². The minimum Gasteiger partial charge on any atom is -0.303 e. The van der Waals surface area contributed by atoms with Gasteiger partial charge in [-0.25, -0.2) is 0 Å². The van der Waals surface area contributed by atoms with Crippen molar-refractivity contribution in [3.05, 3.63) is 48.0 Å². The zero-order valence-corrected chi connectivity index (χ0v) is 8.73. The van der Waals surface area contributed by atoms with E-state index in [9.17, 15) is 4.79 Å². The van der Waals surface area contributed by atoms with E-state index < -0.39 is 0 Å². The van der Waals surface area contributed by atoms with E-state index in [2.05, 4.69) is 25.6 Å². The molecular formula is C13H16O. The van der Waals surface area contributed by atoms with Crippen LogP contribution in [0, 0.1) is 0 Å². The number of allylic oxidation sites excluding steroid dienone is 1. The monoisotopic (exact) mass is 188 g/mol. The number of hydrogen-bond acceptors (Lipinski definition) is 1. The molecule has 0 N–H and O–H groups in total. The van der Waals surface area contributed by atoms with Crippen LogP contribution in [0.25, 0.3) is 0 Å². The Kier molecular flexibility index (Phi) is 3.63. The molecule has 1 aromatic carbocycles. The number of rotatable bonds is 4. The average Bonchev–Trinajstić information content (AvgIpc) is 2.27. The van der Waals surface area contributed by atoms with Gasteiger partial charge in [-0.15, -0.1) is 6.58 Å². The summed E-state index contributed by atoms with van der Waals surface area (Å²) in [5.41, 5.74) is 2.31. The van der Waals surface area contributed by atoms with Crippen molar-refractivity contribution in [1.29, 1.82) is 0 Å². The second-order valence-corrected chi connectivity index (χ2v) is 3.62. The molecular weight excluding hydrogens is 172 g/mol. The summed E-state index contributed by atoms with van der Waals surface area (Å²) in [5, 5.41) is 0. The summed E-state index contributed by atoms with van der Waals surface area (Å²) >= 11 is 0. The van der Waals surface area contributed by atoms with E-state index in [1.54, 1.807) is 0 Å². The van der Waals surface area contributed by atoms with Crippen LogP contribution in [-0.2, 0) is 4.79 Å². The molecule has 0 saturated heterocycles. The molecule has 0 aliphatic heterocycles. The predicted octanol–water partition coefficient (Wildman–Crippen LogP) is 3.28. The van der Waals surface area contributed by atoms with Crippen molar-refractivity contribution in [2.75, 3.05) is 0 Å². The van der Waals surface area contributed by atoms with Crippen LogP contribution in [0.1, 0.15) is 36.8 Å². The van der Waals surface area contributed by atoms with E-state index in [0.29, 0.717) is 5.92 Å². The Labute approximate surface area is 85.5 Å². The third kappa shape index (κ3) is 2.32. The van der Waals surface area contributed by atoms with E-state index in [1.807, 2.05) is 25.1 Å². The third-order valence-electron chi connectivity index (χ3n) is 2.55. The summed E-state index contributed by atoms with van der Waals surface area (Å²) in [7, 11) is 0. The fraction of sp³-hybridized carbons (Fsp3) is 0.308. The largest absolute Gasteiger partial charge is 0.303 e. The lowest BCUT2D eigenvalue weighted by Gasteiger charge is -2.08. The number of aldehydes is 1. The lowest BCUT2D eigenvalue weighted by Crippen LogP contribution is -1.95. The maximum Gasteiger partial charge on any atom is 0.127 e. The topological polar surface area (TPSA) is 17.1 Å². The van der Waals surface area contributed by atoms with E-state index >= 15 is 0 Å². The predicted molar refractivity (Wildman–Crippen MR) is 59.5 cm³/mol. The van der Waals surface area contributed by atoms with Crippen LogP contribution in [0.2, 0.25) is 0 Å².